The maximum atomic E-state index is 12.4. The monoisotopic (exact) mass is 453 g/mol. The number of benzene rings is 1. The Morgan fingerprint density at radius 2 is 1.74 bits per heavy atom. The van der Waals surface area contributed by atoms with Crippen LogP contribution in [0.15, 0.2) is 18.2 Å². The number of halogens is 1. The van der Waals surface area contributed by atoms with Gasteiger partial charge < -0.3 is 24.1 Å². The normalized spacial score (nSPS) is 18.4. The quantitative estimate of drug-likeness (QED) is 0.514. The smallest absolute Gasteiger partial charge is 0.466 e. The van der Waals surface area contributed by atoms with E-state index in [0.29, 0.717) is 10.6 Å². The van der Waals surface area contributed by atoms with Crippen LogP contribution in [0, 0.1) is 0 Å². The van der Waals surface area contributed by atoms with Crippen LogP contribution in [-0.2, 0) is 23.6 Å². The topological polar surface area (TPSA) is 83.1 Å². The van der Waals surface area contributed by atoms with E-state index in [0.717, 1.165) is 5.46 Å². The summed E-state index contributed by atoms with van der Waals surface area (Å²) in [6.07, 6.45) is -0.751. The van der Waals surface area contributed by atoms with Crippen molar-refractivity contribution in [3.8, 4) is 0 Å². The third kappa shape index (κ3) is 6.61. The summed E-state index contributed by atoms with van der Waals surface area (Å²) in [6.45, 7) is 15.1. The maximum Gasteiger partial charge on any atom is 0.494 e. The first kappa shape index (κ1) is 25.5. The summed E-state index contributed by atoms with van der Waals surface area (Å²) in [4.78, 5) is 24.6. The number of ether oxygens (including phenoxy) is 2. The molecule has 1 aromatic carbocycles. The number of carbonyl (C=O) groups excluding carboxylic acids is 2. The van der Waals surface area contributed by atoms with E-state index >= 15 is 0 Å². The fourth-order valence-corrected chi connectivity index (χ4v) is 3.28. The van der Waals surface area contributed by atoms with Gasteiger partial charge in [-0.15, -0.1) is 0 Å². The van der Waals surface area contributed by atoms with Gasteiger partial charge in [-0.2, -0.15) is 0 Å². The van der Waals surface area contributed by atoms with Crippen molar-refractivity contribution in [3.63, 3.8) is 0 Å². The molecule has 9 heteroatoms. The zero-order chi connectivity index (χ0) is 23.6. The molecule has 1 amide bonds. The number of esters is 1. The Morgan fingerprint density at radius 3 is 2.26 bits per heavy atom. The lowest BCUT2D eigenvalue weighted by atomic mass is 9.77. The number of alkyl carbamates (subject to hydrolysis) is 1. The van der Waals surface area contributed by atoms with E-state index in [-0.39, 0.29) is 13.0 Å². The van der Waals surface area contributed by atoms with Crippen molar-refractivity contribution in [1.82, 2.24) is 5.32 Å². The standard InChI is InChI=1S/C22H33BClNO6/c1-9-28-18(26)13-17(25-19(27)29-20(2,3)4)15-12-14(10-11-16(15)24)23-30-21(5,6)22(7,8)31-23/h10-12,17H,9,13H2,1-8H3,(H,25,27)/t17-/m0/s1. The van der Waals surface area contributed by atoms with Crippen molar-refractivity contribution in [2.75, 3.05) is 6.61 Å². The minimum absolute atomic E-state index is 0.0976. The Morgan fingerprint density at radius 1 is 1.16 bits per heavy atom. The molecule has 1 atom stereocenters. The van der Waals surface area contributed by atoms with Crippen molar-refractivity contribution in [1.29, 1.82) is 0 Å². The predicted molar refractivity (Wildman–Crippen MR) is 121 cm³/mol. The number of hydrogen-bond donors (Lipinski definition) is 1. The summed E-state index contributed by atoms with van der Waals surface area (Å²) in [5.41, 5.74) is -0.411. The molecule has 1 aromatic rings. The van der Waals surface area contributed by atoms with Crippen LogP contribution in [0.4, 0.5) is 4.79 Å². The molecule has 1 aliphatic heterocycles. The molecule has 172 valence electrons. The molecule has 0 aliphatic carbocycles. The lowest BCUT2D eigenvalue weighted by Gasteiger charge is -2.32. The Hall–Kier alpha value is -1.77. The molecule has 2 rings (SSSR count). The summed E-state index contributed by atoms with van der Waals surface area (Å²) < 4.78 is 22.7. The maximum absolute atomic E-state index is 12.4. The lowest BCUT2D eigenvalue weighted by molar-refractivity contribution is -0.143. The molecule has 7 nitrogen and oxygen atoms in total. The number of nitrogens with one attached hydrogen (secondary N) is 1. The van der Waals surface area contributed by atoms with Gasteiger partial charge >= 0.3 is 19.2 Å². The van der Waals surface area contributed by atoms with Crippen LogP contribution in [0.1, 0.15) is 73.4 Å². The molecule has 1 fully saturated rings. The SMILES string of the molecule is CCOC(=O)C[C@H](NC(=O)OC(C)(C)C)c1cc(B2OC(C)(C)C(C)(C)O2)ccc1Cl. The highest BCUT2D eigenvalue weighted by Crippen LogP contribution is 2.37. The lowest BCUT2D eigenvalue weighted by Crippen LogP contribution is -2.41. The van der Waals surface area contributed by atoms with Gasteiger partial charge in [0.1, 0.15) is 5.60 Å². The molecule has 1 heterocycles. The van der Waals surface area contributed by atoms with E-state index in [1.165, 1.54) is 0 Å². The highest BCUT2D eigenvalue weighted by molar-refractivity contribution is 6.62. The largest absolute Gasteiger partial charge is 0.494 e. The second-order valence-electron chi connectivity index (χ2n) is 9.58. The van der Waals surface area contributed by atoms with E-state index in [9.17, 15) is 9.59 Å². The van der Waals surface area contributed by atoms with Gasteiger partial charge in [0.25, 0.3) is 0 Å². The molecule has 1 saturated heterocycles. The fourth-order valence-electron chi connectivity index (χ4n) is 3.03. The number of carbonyl (C=O) groups is 2. The second kappa shape index (κ2) is 9.39. The van der Waals surface area contributed by atoms with Crippen LogP contribution in [0.25, 0.3) is 0 Å². The van der Waals surface area contributed by atoms with Crippen LogP contribution in [-0.4, -0.2) is 42.6 Å². The Balaban J connectivity index is 2.35. The Kier molecular flexibility index (Phi) is 7.72. The van der Waals surface area contributed by atoms with Gasteiger partial charge in [-0.05, 0) is 72.5 Å². The van der Waals surface area contributed by atoms with Crippen LogP contribution in [0.2, 0.25) is 5.02 Å². The highest BCUT2D eigenvalue weighted by Gasteiger charge is 2.51. The Bertz CT molecular complexity index is 805. The summed E-state index contributed by atoms with van der Waals surface area (Å²) >= 11 is 6.46. The molecule has 0 aromatic heterocycles. The van der Waals surface area contributed by atoms with Crippen molar-refractivity contribution in [2.24, 2.45) is 0 Å². The summed E-state index contributed by atoms with van der Waals surface area (Å²) in [5, 5.41) is 3.14. The molecule has 0 spiro atoms. The minimum Gasteiger partial charge on any atom is -0.466 e. The van der Waals surface area contributed by atoms with Crippen LogP contribution < -0.4 is 10.8 Å². The average molecular weight is 454 g/mol. The van der Waals surface area contributed by atoms with E-state index in [1.54, 1.807) is 39.8 Å². The van der Waals surface area contributed by atoms with Gasteiger partial charge in [0.05, 0.1) is 30.3 Å². The molecule has 0 saturated carbocycles. The zero-order valence-corrected chi connectivity index (χ0v) is 20.4. The molecule has 1 N–H and O–H groups in total. The average Bonchev–Trinajstić information content (AvgIpc) is 2.81. The highest BCUT2D eigenvalue weighted by atomic mass is 35.5. The summed E-state index contributed by atoms with van der Waals surface area (Å²) in [7, 11) is -0.606. The first-order chi connectivity index (χ1) is 14.1. The second-order valence-corrected chi connectivity index (χ2v) is 9.98. The number of rotatable bonds is 6. The van der Waals surface area contributed by atoms with Gasteiger partial charge in [0.15, 0.2) is 0 Å². The van der Waals surface area contributed by atoms with E-state index < -0.39 is 42.0 Å². The van der Waals surface area contributed by atoms with Gasteiger partial charge in [-0.3, -0.25) is 4.79 Å². The molecule has 0 bridgehead atoms. The zero-order valence-electron chi connectivity index (χ0n) is 19.6. The molecule has 1 aliphatic rings. The van der Waals surface area contributed by atoms with Gasteiger partial charge in [-0.1, -0.05) is 23.7 Å². The minimum atomic E-state index is -0.747. The summed E-state index contributed by atoms with van der Waals surface area (Å²) in [6, 6.07) is 4.55. The Labute approximate surface area is 190 Å². The van der Waals surface area contributed by atoms with Gasteiger partial charge in [0.2, 0.25) is 0 Å². The first-order valence-corrected chi connectivity index (χ1v) is 10.8. The molecular formula is C22H33BClNO6. The van der Waals surface area contributed by atoms with Crippen LogP contribution in [0.3, 0.4) is 0 Å². The predicted octanol–water partition coefficient (Wildman–Crippen LogP) is 4.16. The molecule has 0 unspecified atom stereocenters. The van der Waals surface area contributed by atoms with Gasteiger partial charge in [0, 0.05) is 5.02 Å². The van der Waals surface area contributed by atoms with E-state index in [2.05, 4.69) is 5.32 Å². The fraction of sp³-hybridized carbons (Fsp3) is 0.636. The van der Waals surface area contributed by atoms with Crippen LogP contribution in [0.5, 0.6) is 0 Å². The van der Waals surface area contributed by atoms with Gasteiger partial charge in [-0.25, -0.2) is 4.79 Å². The number of amides is 1. The third-order valence-electron chi connectivity index (χ3n) is 5.29. The van der Waals surface area contributed by atoms with Crippen LogP contribution >= 0.6 is 11.6 Å². The molecule has 0 radical (unpaired) electrons. The van der Waals surface area contributed by atoms with E-state index in [1.807, 2.05) is 33.8 Å². The third-order valence-corrected chi connectivity index (χ3v) is 5.63. The first-order valence-electron chi connectivity index (χ1n) is 10.5. The molecular weight excluding hydrogens is 421 g/mol. The summed E-state index contributed by atoms with van der Waals surface area (Å²) in [5.74, 6) is -0.458. The van der Waals surface area contributed by atoms with Crippen molar-refractivity contribution >= 4 is 36.2 Å². The van der Waals surface area contributed by atoms with E-state index in [4.69, 9.17) is 30.4 Å². The van der Waals surface area contributed by atoms with Crippen molar-refractivity contribution in [2.45, 2.75) is 84.7 Å². The van der Waals surface area contributed by atoms with Crippen molar-refractivity contribution < 1.29 is 28.4 Å². The van der Waals surface area contributed by atoms with Crippen molar-refractivity contribution in [3.05, 3.63) is 28.8 Å². The number of hydrogen-bond acceptors (Lipinski definition) is 6. The molecule has 31 heavy (non-hydrogen) atoms.